The first-order valence-corrected chi connectivity index (χ1v) is 8.74. The molecule has 1 atom stereocenters. The lowest BCUT2D eigenvalue weighted by Gasteiger charge is -2.30. The molecule has 122 valence electrons. The molecule has 0 fully saturated rings. The van der Waals surface area contributed by atoms with E-state index in [0.717, 1.165) is 6.42 Å². The first-order chi connectivity index (χ1) is 11.7. The molecule has 0 aliphatic heterocycles. The summed E-state index contributed by atoms with van der Waals surface area (Å²) in [6.07, 6.45) is 4.88. The quantitative estimate of drug-likeness (QED) is 0.704. The molecule has 1 aliphatic carbocycles. The number of benzene rings is 2. The van der Waals surface area contributed by atoms with Crippen molar-refractivity contribution in [3.8, 4) is 5.75 Å². The summed E-state index contributed by atoms with van der Waals surface area (Å²) in [6.45, 7) is 2.27. The molecule has 0 saturated heterocycles. The number of aromatic amines is 1. The van der Waals surface area contributed by atoms with Gasteiger partial charge in [-0.1, -0.05) is 42.5 Å². The van der Waals surface area contributed by atoms with Crippen LogP contribution in [-0.4, -0.2) is 10.1 Å². The maximum absolute atomic E-state index is 9.69. The molecular formula is C22H23NO. The summed E-state index contributed by atoms with van der Waals surface area (Å²) < 4.78 is 0. The fourth-order valence-electron chi connectivity index (χ4n) is 3.92. The summed E-state index contributed by atoms with van der Waals surface area (Å²) in [7, 11) is 0. The van der Waals surface area contributed by atoms with Gasteiger partial charge < -0.3 is 10.1 Å². The molecular weight excluding hydrogens is 294 g/mol. The smallest absolute Gasteiger partial charge is 0.115 e. The number of aryl methyl sites for hydroxylation is 2. The topological polar surface area (TPSA) is 36.0 Å². The monoisotopic (exact) mass is 317 g/mol. The van der Waals surface area contributed by atoms with Crippen molar-refractivity contribution in [1.29, 1.82) is 0 Å². The van der Waals surface area contributed by atoms with Crippen LogP contribution in [0.25, 0.3) is 0 Å². The maximum atomic E-state index is 9.69. The van der Waals surface area contributed by atoms with Crippen molar-refractivity contribution >= 4 is 0 Å². The van der Waals surface area contributed by atoms with Gasteiger partial charge in [0.15, 0.2) is 0 Å². The fraction of sp³-hybridized carbons (Fsp3) is 0.273. The molecule has 1 aliphatic rings. The van der Waals surface area contributed by atoms with Gasteiger partial charge in [-0.05, 0) is 67.5 Å². The molecule has 0 amide bonds. The number of hydrogen-bond acceptors (Lipinski definition) is 1. The highest BCUT2D eigenvalue weighted by Crippen LogP contribution is 2.40. The van der Waals surface area contributed by atoms with Crippen LogP contribution in [0, 0.1) is 0 Å². The van der Waals surface area contributed by atoms with Gasteiger partial charge in [0.25, 0.3) is 0 Å². The summed E-state index contributed by atoms with van der Waals surface area (Å²) in [5.74, 6) is 0.306. The molecule has 2 heteroatoms. The summed E-state index contributed by atoms with van der Waals surface area (Å²) in [4.78, 5) is 3.72. The second-order valence-corrected chi connectivity index (χ2v) is 6.93. The first-order valence-electron chi connectivity index (χ1n) is 8.74. The molecule has 0 spiro atoms. The third-order valence-corrected chi connectivity index (χ3v) is 5.45. The molecule has 0 radical (unpaired) electrons. The Morgan fingerprint density at radius 2 is 1.54 bits per heavy atom. The van der Waals surface area contributed by atoms with Gasteiger partial charge in [-0.2, -0.15) is 0 Å². The van der Waals surface area contributed by atoms with Crippen LogP contribution in [-0.2, 0) is 18.3 Å². The Labute approximate surface area is 143 Å². The van der Waals surface area contributed by atoms with Gasteiger partial charge in [-0.3, -0.25) is 0 Å². The van der Waals surface area contributed by atoms with Gasteiger partial charge in [0.05, 0.1) is 5.41 Å². The van der Waals surface area contributed by atoms with Crippen molar-refractivity contribution in [1.82, 2.24) is 4.98 Å². The minimum absolute atomic E-state index is 0.258. The highest BCUT2D eigenvalue weighted by molar-refractivity contribution is 5.50. The zero-order valence-corrected chi connectivity index (χ0v) is 14.0. The number of rotatable bonds is 3. The van der Waals surface area contributed by atoms with Crippen molar-refractivity contribution in [3.05, 3.63) is 88.7 Å². The number of aromatic nitrogens is 1. The number of fused-ring (bicyclic) bond motifs is 1. The number of hydrogen-bond donors (Lipinski definition) is 2. The minimum Gasteiger partial charge on any atom is -0.508 e. The number of phenols is 1. The van der Waals surface area contributed by atoms with E-state index in [4.69, 9.17) is 0 Å². The van der Waals surface area contributed by atoms with Gasteiger partial charge >= 0.3 is 0 Å². The van der Waals surface area contributed by atoms with Crippen LogP contribution in [0.1, 0.15) is 47.8 Å². The minimum atomic E-state index is -0.258. The maximum Gasteiger partial charge on any atom is 0.115 e. The molecule has 3 aromatic rings. The Balaban J connectivity index is 1.90. The molecule has 0 unspecified atom stereocenters. The highest BCUT2D eigenvalue weighted by atomic mass is 16.3. The van der Waals surface area contributed by atoms with E-state index < -0.39 is 0 Å². The van der Waals surface area contributed by atoms with Crippen molar-refractivity contribution < 1.29 is 5.11 Å². The van der Waals surface area contributed by atoms with E-state index in [-0.39, 0.29) is 5.41 Å². The summed E-state index contributed by atoms with van der Waals surface area (Å²) in [5.41, 5.74) is 6.30. The Kier molecular flexibility index (Phi) is 3.68. The van der Waals surface area contributed by atoms with Gasteiger partial charge in [0, 0.05) is 11.4 Å². The van der Waals surface area contributed by atoms with Crippen molar-refractivity contribution in [2.24, 2.45) is 0 Å². The molecule has 1 heterocycles. The van der Waals surface area contributed by atoms with Gasteiger partial charge in [-0.15, -0.1) is 0 Å². The lowest BCUT2D eigenvalue weighted by Crippen LogP contribution is -2.25. The Morgan fingerprint density at radius 1 is 0.875 bits per heavy atom. The molecule has 4 rings (SSSR count). The molecule has 2 aromatic carbocycles. The predicted molar refractivity (Wildman–Crippen MR) is 97.5 cm³/mol. The van der Waals surface area contributed by atoms with Gasteiger partial charge in [0.1, 0.15) is 5.75 Å². The summed E-state index contributed by atoms with van der Waals surface area (Å²) in [6, 6.07) is 20.6. The molecule has 2 nitrogen and oxygen atoms in total. The second-order valence-electron chi connectivity index (χ2n) is 6.93. The van der Waals surface area contributed by atoms with E-state index in [1.807, 2.05) is 12.1 Å². The average Bonchev–Trinajstić information content (AvgIpc) is 3.07. The number of nitrogens with one attached hydrogen (secondary N) is 1. The summed E-state index contributed by atoms with van der Waals surface area (Å²) >= 11 is 0. The molecule has 1 aromatic heterocycles. The van der Waals surface area contributed by atoms with Crippen molar-refractivity contribution in [3.63, 3.8) is 0 Å². The van der Waals surface area contributed by atoms with Crippen LogP contribution in [0.2, 0.25) is 0 Å². The first kappa shape index (κ1) is 15.1. The lowest BCUT2D eigenvalue weighted by atomic mass is 9.73. The van der Waals surface area contributed by atoms with E-state index >= 15 is 0 Å². The SMILES string of the molecule is C[C@](c1ccccc1)(c1ccc(O)cc1)c1cc2c([nH]1)CCCC2. The third kappa shape index (κ3) is 2.43. The van der Waals surface area contributed by atoms with Gasteiger partial charge in [-0.25, -0.2) is 0 Å². The van der Waals surface area contributed by atoms with E-state index in [1.54, 1.807) is 12.1 Å². The largest absolute Gasteiger partial charge is 0.508 e. The van der Waals surface area contributed by atoms with E-state index in [2.05, 4.69) is 48.3 Å². The number of phenolic OH excluding ortho intramolecular Hbond substituents is 1. The van der Waals surface area contributed by atoms with Crippen LogP contribution in [0.3, 0.4) is 0 Å². The summed E-state index contributed by atoms with van der Waals surface area (Å²) in [5, 5.41) is 9.69. The Hall–Kier alpha value is -2.48. The van der Waals surface area contributed by atoms with Crippen molar-refractivity contribution in [2.45, 2.75) is 38.0 Å². The van der Waals surface area contributed by atoms with Crippen LogP contribution in [0.15, 0.2) is 60.7 Å². The van der Waals surface area contributed by atoms with Crippen LogP contribution >= 0.6 is 0 Å². The number of H-pyrrole nitrogens is 1. The molecule has 24 heavy (non-hydrogen) atoms. The standard InChI is InChI=1S/C22H23NO/c1-22(17-8-3-2-4-9-17,18-11-13-19(24)14-12-18)21-15-16-7-5-6-10-20(16)23-21/h2-4,8-9,11-15,23-24H,5-7,10H2,1H3/t22-/m0/s1. The second kappa shape index (κ2) is 5.86. The van der Waals surface area contributed by atoms with Crippen LogP contribution in [0.4, 0.5) is 0 Å². The Morgan fingerprint density at radius 3 is 2.25 bits per heavy atom. The predicted octanol–water partition coefficient (Wildman–Crippen LogP) is 4.95. The molecule has 2 N–H and O–H groups in total. The number of aromatic hydroxyl groups is 1. The molecule has 0 saturated carbocycles. The molecule has 0 bridgehead atoms. The zero-order chi connectivity index (χ0) is 16.6. The zero-order valence-electron chi connectivity index (χ0n) is 14.0. The lowest BCUT2D eigenvalue weighted by molar-refractivity contribution is 0.474. The van der Waals surface area contributed by atoms with Crippen molar-refractivity contribution in [2.75, 3.05) is 0 Å². The Bertz CT molecular complexity index is 809. The van der Waals surface area contributed by atoms with E-state index in [0.29, 0.717) is 5.75 Å². The van der Waals surface area contributed by atoms with E-state index in [1.165, 1.54) is 47.3 Å². The van der Waals surface area contributed by atoms with Gasteiger partial charge in [0.2, 0.25) is 0 Å². The van der Waals surface area contributed by atoms with Crippen LogP contribution < -0.4 is 0 Å². The van der Waals surface area contributed by atoms with E-state index in [9.17, 15) is 5.11 Å². The normalized spacial score (nSPS) is 16.4. The fourth-order valence-corrected chi connectivity index (χ4v) is 3.92. The third-order valence-electron chi connectivity index (χ3n) is 5.45. The average molecular weight is 317 g/mol. The highest BCUT2D eigenvalue weighted by Gasteiger charge is 2.33. The van der Waals surface area contributed by atoms with Crippen LogP contribution in [0.5, 0.6) is 5.75 Å².